The minimum atomic E-state index is -0.182. The summed E-state index contributed by atoms with van der Waals surface area (Å²) in [7, 11) is 0. The Morgan fingerprint density at radius 3 is 2.30 bits per heavy atom. The normalized spacial score (nSPS) is 10.3. The van der Waals surface area contributed by atoms with Crippen molar-refractivity contribution in [2.45, 2.75) is 52.6 Å². The summed E-state index contributed by atoms with van der Waals surface area (Å²) >= 11 is 0. The van der Waals surface area contributed by atoms with E-state index in [9.17, 15) is 4.79 Å². The van der Waals surface area contributed by atoms with Gasteiger partial charge in [0.25, 0.3) is 0 Å². The van der Waals surface area contributed by atoms with Gasteiger partial charge in [-0.1, -0.05) is 63.4 Å². The van der Waals surface area contributed by atoms with Gasteiger partial charge in [0.1, 0.15) is 6.61 Å². The molecule has 0 fully saturated rings. The predicted molar refractivity (Wildman–Crippen MR) is 82.6 cm³/mol. The zero-order chi connectivity index (χ0) is 14.6. The molecule has 3 nitrogen and oxygen atoms in total. The Kier molecular flexibility index (Phi) is 8.52. The van der Waals surface area contributed by atoms with Crippen LogP contribution in [0.4, 0.5) is 4.79 Å². The van der Waals surface area contributed by atoms with E-state index in [1.54, 1.807) is 0 Å². The fraction of sp³-hybridized carbons (Fsp3) is 0.588. The van der Waals surface area contributed by atoms with Gasteiger partial charge in [0.05, 0.1) is 0 Å². The summed E-state index contributed by atoms with van der Waals surface area (Å²) in [5.41, 5.74) is 1.03. The van der Waals surface area contributed by atoms with Crippen LogP contribution in [0.25, 0.3) is 0 Å². The minimum absolute atomic E-state index is 0.182. The molecule has 0 aliphatic carbocycles. The van der Waals surface area contributed by atoms with E-state index in [2.05, 4.69) is 13.8 Å². The number of carbonyl (C=O) groups is 1. The molecular weight excluding hydrogens is 250 g/mol. The molecule has 1 aromatic rings. The number of hydrogen-bond donors (Lipinski definition) is 0. The van der Waals surface area contributed by atoms with Crippen molar-refractivity contribution in [1.82, 2.24) is 4.90 Å². The number of ether oxygens (including phenoxy) is 1. The van der Waals surface area contributed by atoms with Crippen LogP contribution in [-0.4, -0.2) is 24.1 Å². The quantitative estimate of drug-likeness (QED) is 0.617. The molecule has 20 heavy (non-hydrogen) atoms. The number of carbonyl (C=O) groups excluding carboxylic acids is 1. The van der Waals surface area contributed by atoms with Crippen molar-refractivity contribution >= 4 is 6.09 Å². The largest absolute Gasteiger partial charge is 0.445 e. The van der Waals surface area contributed by atoms with Crippen molar-refractivity contribution in [2.24, 2.45) is 0 Å². The summed E-state index contributed by atoms with van der Waals surface area (Å²) in [4.78, 5) is 14.0. The van der Waals surface area contributed by atoms with Crippen LogP contribution in [0.3, 0.4) is 0 Å². The van der Waals surface area contributed by atoms with Gasteiger partial charge in [-0.15, -0.1) is 0 Å². The second-order valence-electron chi connectivity index (χ2n) is 5.09. The molecule has 0 heterocycles. The molecular formula is C17H27NO2. The molecule has 0 aliphatic rings. The Morgan fingerprint density at radius 1 is 1.00 bits per heavy atom. The van der Waals surface area contributed by atoms with Crippen LogP contribution in [0.15, 0.2) is 30.3 Å². The molecule has 0 bridgehead atoms. The molecule has 3 heteroatoms. The number of unbranched alkanes of at least 4 members (excludes halogenated alkanes) is 3. The van der Waals surface area contributed by atoms with Gasteiger partial charge in [-0.2, -0.15) is 0 Å². The fourth-order valence-corrected chi connectivity index (χ4v) is 2.01. The summed E-state index contributed by atoms with van der Waals surface area (Å²) in [5.74, 6) is 0. The van der Waals surface area contributed by atoms with Crippen LogP contribution in [0.2, 0.25) is 0 Å². The lowest BCUT2D eigenvalue weighted by atomic mass is 10.2. The van der Waals surface area contributed by atoms with Crippen molar-refractivity contribution in [3.05, 3.63) is 35.9 Å². The Bertz CT molecular complexity index is 365. The molecule has 0 spiro atoms. The molecule has 0 saturated carbocycles. The lowest BCUT2D eigenvalue weighted by Crippen LogP contribution is -2.33. The van der Waals surface area contributed by atoms with E-state index < -0.39 is 0 Å². The summed E-state index contributed by atoms with van der Waals surface area (Å²) < 4.78 is 5.40. The average Bonchev–Trinajstić information content (AvgIpc) is 2.49. The second-order valence-corrected chi connectivity index (χ2v) is 5.09. The second kappa shape index (κ2) is 10.3. The molecule has 0 radical (unpaired) electrons. The van der Waals surface area contributed by atoms with E-state index in [1.165, 1.54) is 6.42 Å². The first-order valence-electron chi connectivity index (χ1n) is 7.73. The third-order valence-corrected chi connectivity index (χ3v) is 3.28. The fourth-order valence-electron chi connectivity index (χ4n) is 2.01. The molecule has 0 unspecified atom stereocenters. The zero-order valence-electron chi connectivity index (χ0n) is 12.8. The van der Waals surface area contributed by atoms with Crippen LogP contribution in [0.1, 0.15) is 51.5 Å². The van der Waals surface area contributed by atoms with Crippen molar-refractivity contribution in [2.75, 3.05) is 13.1 Å². The standard InChI is InChI=1S/C17H27NO2/c1-3-5-10-14-18(13-6-4-2)17(19)20-15-16-11-8-7-9-12-16/h7-9,11-12H,3-6,10,13-15H2,1-2H3. The monoisotopic (exact) mass is 277 g/mol. The Hall–Kier alpha value is -1.51. The van der Waals surface area contributed by atoms with Gasteiger partial charge < -0.3 is 9.64 Å². The SMILES string of the molecule is CCCCCN(CCCC)C(=O)OCc1ccccc1. The van der Waals surface area contributed by atoms with Crippen LogP contribution in [-0.2, 0) is 11.3 Å². The number of benzene rings is 1. The highest BCUT2D eigenvalue weighted by Crippen LogP contribution is 2.06. The van der Waals surface area contributed by atoms with Crippen LogP contribution >= 0.6 is 0 Å². The van der Waals surface area contributed by atoms with Gasteiger partial charge in [-0.05, 0) is 18.4 Å². The molecule has 0 N–H and O–H groups in total. The highest BCUT2D eigenvalue weighted by atomic mass is 16.6. The summed E-state index contributed by atoms with van der Waals surface area (Å²) in [5, 5.41) is 0. The van der Waals surface area contributed by atoms with Crippen molar-refractivity contribution < 1.29 is 9.53 Å². The van der Waals surface area contributed by atoms with Crippen molar-refractivity contribution in [3.63, 3.8) is 0 Å². The zero-order valence-corrected chi connectivity index (χ0v) is 12.8. The van der Waals surface area contributed by atoms with Gasteiger partial charge >= 0.3 is 6.09 Å². The maximum absolute atomic E-state index is 12.1. The first-order valence-corrected chi connectivity index (χ1v) is 7.73. The average molecular weight is 277 g/mol. The highest BCUT2D eigenvalue weighted by Gasteiger charge is 2.13. The van der Waals surface area contributed by atoms with Crippen LogP contribution < -0.4 is 0 Å². The summed E-state index contributed by atoms with van der Waals surface area (Å²) in [6, 6.07) is 9.82. The number of nitrogens with zero attached hydrogens (tertiary/aromatic N) is 1. The first kappa shape index (κ1) is 16.5. The van der Waals surface area contributed by atoms with Gasteiger partial charge in [0.2, 0.25) is 0 Å². The van der Waals surface area contributed by atoms with E-state index in [4.69, 9.17) is 4.74 Å². The Balaban J connectivity index is 2.40. The third-order valence-electron chi connectivity index (χ3n) is 3.28. The number of hydrogen-bond acceptors (Lipinski definition) is 2. The van der Waals surface area contributed by atoms with Gasteiger partial charge in [0.15, 0.2) is 0 Å². The van der Waals surface area contributed by atoms with Gasteiger partial charge in [-0.25, -0.2) is 4.79 Å². The van der Waals surface area contributed by atoms with Gasteiger partial charge in [0, 0.05) is 13.1 Å². The smallest absolute Gasteiger partial charge is 0.410 e. The third kappa shape index (κ3) is 6.60. The van der Waals surface area contributed by atoms with Crippen LogP contribution in [0.5, 0.6) is 0 Å². The lowest BCUT2D eigenvalue weighted by Gasteiger charge is -2.22. The summed E-state index contributed by atoms with van der Waals surface area (Å²) in [6.45, 7) is 6.27. The topological polar surface area (TPSA) is 29.5 Å². The Labute approximate surface area is 122 Å². The summed E-state index contributed by atoms with van der Waals surface area (Å²) in [6.07, 6.45) is 5.33. The molecule has 1 amide bonds. The van der Waals surface area contributed by atoms with E-state index in [1.807, 2.05) is 35.2 Å². The maximum atomic E-state index is 12.1. The first-order chi connectivity index (χ1) is 9.77. The maximum Gasteiger partial charge on any atom is 0.410 e. The van der Waals surface area contributed by atoms with E-state index in [-0.39, 0.29) is 6.09 Å². The molecule has 0 aliphatic heterocycles. The van der Waals surface area contributed by atoms with Crippen molar-refractivity contribution in [1.29, 1.82) is 0 Å². The molecule has 1 aromatic carbocycles. The molecule has 0 aromatic heterocycles. The van der Waals surface area contributed by atoms with E-state index in [0.717, 1.165) is 44.3 Å². The van der Waals surface area contributed by atoms with E-state index in [0.29, 0.717) is 6.61 Å². The minimum Gasteiger partial charge on any atom is -0.445 e. The highest BCUT2D eigenvalue weighted by molar-refractivity contribution is 5.67. The number of amides is 1. The van der Waals surface area contributed by atoms with Gasteiger partial charge in [-0.3, -0.25) is 0 Å². The predicted octanol–water partition coefficient (Wildman–Crippen LogP) is 4.62. The Morgan fingerprint density at radius 2 is 1.65 bits per heavy atom. The molecule has 0 atom stereocenters. The van der Waals surface area contributed by atoms with Crippen LogP contribution in [0, 0.1) is 0 Å². The van der Waals surface area contributed by atoms with Crippen molar-refractivity contribution in [3.8, 4) is 0 Å². The van der Waals surface area contributed by atoms with E-state index >= 15 is 0 Å². The lowest BCUT2D eigenvalue weighted by molar-refractivity contribution is 0.0949. The molecule has 1 rings (SSSR count). The molecule has 0 saturated heterocycles. The molecule has 112 valence electrons. The number of rotatable bonds is 9.